The second-order valence-electron chi connectivity index (χ2n) is 4.19. The van der Waals surface area contributed by atoms with E-state index in [1.165, 1.54) is 19.1 Å². The summed E-state index contributed by atoms with van der Waals surface area (Å²) in [5, 5.41) is 11.4. The minimum Gasteiger partial charge on any atom is -0.478 e. The Labute approximate surface area is 130 Å². The van der Waals surface area contributed by atoms with Crippen molar-refractivity contribution in [3.05, 3.63) is 28.2 Å². The summed E-state index contributed by atoms with van der Waals surface area (Å²) in [6.45, 7) is 3.49. The molecule has 0 radical (unpaired) electrons. The van der Waals surface area contributed by atoms with Gasteiger partial charge in [-0.3, -0.25) is 4.79 Å². The number of nitrogens with one attached hydrogen (secondary N) is 2. The highest BCUT2D eigenvalue weighted by atomic mass is 79.9. The van der Waals surface area contributed by atoms with E-state index in [-0.39, 0.29) is 14.9 Å². The van der Waals surface area contributed by atoms with Gasteiger partial charge in [0.2, 0.25) is 15.9 Å². The summed E-state index contributed by atoms with van der Waals surface area (Å²) >= 11 is 3.06. The van der Waals surface area contributed by atoms with Gasteiger partial charge in [-0.05, 0) is 48.0 Å². The van der Waals surface area contributed by atoms with E-state index in [9.17, 15) is 18.0 Å². The number of hydrogen-bond acceptors (Lipinski definition) is 4. The first kappa shape index (κ1) is 17.6. The number of likely N-dealkylation sites (N-methyl/N-ethyl adjacent to an activating group) is 1. The average Bonchev–Trinajstić information content (AvgIpc) is 2.38. The summed E-state index contributed by atoms with van der Waals surface area (Å²) < 4.78 is 26.9. The molecule has 1 amide bonds. The third-order valence-corrected chi connectivity index (χ3v) is 5.08. The second-order valence-corrected chi connectivity index (χ2v) is 6.72. The van der Waals surface area contributed by atoms with Gasteiger partial charge >= 0.3 is 5.97 Å². The molecule has 9 heteroatoms. The Balaban J connectivity index is 3.11. The van der Waals surface area contributed by atoms with Crippen LogP contribution in [0, 0.1) is 0 Å². The minimum atomic E-state index is -4.03. The molecule has 116 valence electrons. The van der Waals surface area contributed by atoms with Crippen LogP contribution in [0.25, 0.3) is 0 Å². The fraction of sp³-hybridized carbons (Fsp3) is 0.333. The zero-order valence-electron chi connectivity index (χ0n) is 11.4. The van der Waals surface area contributed by atoms with Crippen molar-refractivity contribution < 1.29 is 23.1 Å². The minimum absolute atomic E-state index is 0.163. The van der Waals surface area contributed by atoms with Crippen LogP contribution in [0.3, 0.4) is 0 Å². The summed E-state index contributed by atoms with van der Waals surface area (Å²) in [4.78, 5) is 22.2. The SMILES string of the molecule is CCNC(=O)C(C)NS(=O)(=O)c1cc(C(=O)O)ccc1Br. The van der Waals surface area contributed by atoms with Crippen LogP contribution in [0.4, 0.5) is 0 Å². The van der Waals surface area contributed by atoms with Gasteiger partial charge in [0.1, 0.15) is 0 Å². The topological polar surface area (TPSA) is 113 Å². The molecule has 0 saturated carbocycles. The van der Waals surface area contributed by atoms with Gasteiger partial charge in [-0.25, -0.2) is 13.2 Å². The number of sulfonamides is 1. The lowest BCUT2D eigenvalue weighted by molar-refractivity contribution is -0.122. The van der Waals surface area contributed by atoms with Crippen molar-refractivity contribution in [3.63, 3.8) is 0 Å². The summed E-state index contributed by atoms with van der Waals surface area (Å²) in [5.74, 6) is -1.71. The fourth-order valence-electron chi connectivity index (χ4n) is 1.52. The Morgan fingerprint density at radius 3 is 2.52 bits per heavy atom. The van der Waals surface area contributed by atoms with Gasteiger partial charge < -0.3 is 10.4 Å². The van der Waals surface area contributed by atoms with Crippen molar-refractivity contribution in [2.75, 3.05) is 6.54 Å². The predicted octanol–water partition coefficient (Wildman–Crippen LogP) is 0.950. The van der Waals surface area contributed by atoms with Gasteiger partial charge in [-0.2, -0.15) is 4.72 Å². The molecule has 7 nitrogen and oxygen atoms in total. The number of benzene rings is 1. The molecule has 0 aliphatic heterocycles. The van der Waals surface area contributed by atoms with Gasteiger partial charge in [0.25, 0.3) is 0 Å². The molecule has 1 rings (SSSR count). The second kappa shape index (κ2) is 7.01. The van der Waals surface area contributed by atoms with Gasteiger partial charge in [-0.1, -0.05) is 0 Å². The van der Waals surface area contributed by atoms with E-state index in [0.717, 1.165) is 6.07 Å². The summed E-state index contributed by atoms with van der Waals surface area (Å²) in [5.41, 5.74) is -0.163. The van der Waals surface area contributed by atoms with Crippen molar-refractivity contribution >= 4 is 37.8 Å². The quantitative estimate of drug-likeness (QED) is 0.681. The third-order valence-electron chi connectivity index (χ3n) is 2.54. The number of rotatable bonds is 6. The molecule has 0 aliphatic carbocycles. The van der Waals surface area contributed by atoms with Crippen molar-refractivity contribution in [1.82, 2.24) is 10.0 Å². The van der Waals surface area contributed by atoms with Crippen LogP contribution in [0.15, 0.2) is 27.6 Å². The first-order valence-corrected chi connectivity index (χ1v) is 8.29. The number of carbonyl (C=O) groups is 2. The van der Waals surface area contributed by atoms with Crippen molar-refractivity contribution in [3.8, 4) is 0 Å². The monoisotopic (exact) mass is 378 g/mol. The maximum atomic E-state index is 12.2. The Kier molecular flexibility index (Phi) is 5.87. The molecule has 0 aliphatic rings. The zero-order valence-corrected chi connectivity index (χ0v) is 13.8. The van der Waals surface area contributed by atoms with Crippen molar-refractivity contribution in [1.29, 1.82) is 0 Å². The fourth-order valence-corrected chi connectivity index (χ4v) is 3.71. The van der Waals surface area contributed by atoms with E-state index >= 15 is 0 Å². The molecule has 21 heavy (non-hydrogen) atoms. The van der Waals surface area contributed by atoms with Gasteiger partial charge in [-0.15, -0.1) is 0 Å². The van der Waals surface area contributed by atoms with Crippen molar-refractivity contribution in [2.45, 2.75) is 24.8 Å². The molecule has 3 N–H and O–H groups in total. The Morgan fingerprint density at radius 2 is 2.00 bits per heavy atom. The van der Waals surface area contributed by atoms with E-state index in [1.54, 1.807) is 6.92 Å². The average molecular weight is 379 g/mol. The van der Waals surface area contributed by atoms with Crippen molar-refractivity contribution in [2.24, 2.45) is 0 Å². The standard InChI is InChI=1S/C12H15BrN2O5S/c1-3-14-11(16)7(2)15-21(19,20)10-6-8(12(17)18)4-5-9(10)13/h4-7,15H,3H2,1-2H3,(H,14,16)(H,17,18). The Hall–Kier alpha value is -1.45. The lowest BCUT2D eigenvalue weighted by atomic mass is 10.2. The number of aromatic carboxylic acids is 1. The Bertz CT molecular complexity index is 660. The van der Waals surface area contributed by atoms with Crippen LogP contribution in [0.2, 0.25) is 0 Å². The largest absolute Gasteiger partial charge is 0.478 e. The molecule has 1 unspecified atom stereocenters. The molecule has 0 fully saturated rings. The zero-order chi connectivity index (χ0) is 16.2. The number of amides is 1. The molecule has 1 aromatic rings. The smallest absolute Gasteiger partial charge is 0.335 e. The highest BCUT2D eigenvalue weighted by Gasteiger charge is 2.24. The third kappa shape index (κ3) is 4.51. The molecule has 0 heterocycles. The molecular formula is C12H15BrN2O5S. The lowest BCUT2D eigenvalue weighted by Gasteiger charge is -2.14. The maximum Gasteiger partial charge on any atom is 0.335 e. The Morgan fingerprint density at radius 1 is 1.38 bits per heavy atom. The van der Waals surface area contributed by atoms with E-state index in [1.807, 2.05) is 0 Å². The number of carbonyl (C=O) groups excluding carboxylic acids is 1. The predicted molar refractivity (Wildman–Crippen MR) is 79.6 cm³/mol. The molecule has 0 spiro atoms. The van der Waals surface area contributed by atoms with E-state index < -0.39 is 27.9 Å². The number of carboxylic acids is 1. The summed E-state index contributed by atoms with van der Waals surface area (Å²) in [7, 11) is -4.03. The van der Waals surface area contributed by atoms with Crippen LogP contribution < -0.4 is 10.0 Å². The molecule has 1 atom stereocenters. The van der Waals surface area contributed by atoms with Crippen LogP contribution in [-0.4, -0.2) is 38.0 Å². The van der Waals surface area contributed by atoms with Crippen LogP contribution in [0.5, 0.6) is 0 Å². The van der Waals surface area contributed by atoms with E-state index in [4.69, 9.17) is 5.11 Å². The molecule has 0 bridgehead atoms. The van der Waals surface area contributed by atoms with E-state index in [2.05, 4.69) is 26.0 Å². The molecule has 0 aromatic heterocycles. The molecule has 0 saturated heterocycles. The highest BCUT2D eigenvalue weighted by Crippen LogP contribution is 2.23. The van der Waals surface area contributed by atoms with Crippen LogP contribution in [0.1, 0.15) is 24.2 Å². The van der Waals surface area contributed by atoms with Gasteiger partial charge in [0, 0.05) is 11.0 Å². The normalized spacial score (nSPS) is 12.7. The van der Waals surface area contributed by atoms with E-state index in [0.29, 0.717) is 6.54 Å². The van der Waals surface area contributed by atoms with Crippen LogP contribution >= 0.6 is 15.9 Å². The summed E-state index contributed by atoms with van der Waals surface area (Å²) in [6, 6.07) is 2.66. The maximum absolute atomic E-state index is 12.2. The highest BCUT2D eigenvalue weighted by molar-refractivity contribution is 9.10. The van der Waals surface area contributed by atoms with Gasteiger partial charge in [0.15, 0.2) is 0 Å². The number of hydrogen-bond donors (Lipinski definition) is 3. The molecular weight excluding hydrogens is 364 g/mol. The number of halogens is 1. The lowest BCUT2D eigenvalue weighted by Crippen LogP contribution is -2.44. The molecule has 1 aromatic carbocycles. The summed E-state index contributed by atoms with van der Waals surface area (Å²) in [6.07, 6.45) is 0. The first-order valence-electron chi connectivity index (χ1n) is 6.02. The first-order chi connectivity index (χ1) is 9.69. The van der Waals surface area contributed by atoms with Crippen LogP contribution in [-0.2, 0) is 14.8 Å². The van der Waals surface area contributed by atoms with Gasteiger partial charge in [0.05, 0.1) is 16.5 Å². The number of carboxylic acid groups (broad SMARTS) is 1.